The highest BCUT2D eigenvalue weighted by molar-refractivity contribution is 6.13. The monoisotopic (exact) mass is 788 g/mol. The standard InChI is InChI=1S/C60H40N2/c1-5-15-41(16-6-1)45-28-33-59-56(38-45)54-32-27-47(40-60(54)62(59)51-21-11-4-12-22-51)46-29-34-58-55(39-46)53-23-13-14-24-57(53)61(58)52-30-25-44(26-31-52)50-36-48(42-17-7-2-8-18-42)35-49(37-50)43-19-9-3-10-20-43/h1-40H. The Hall–Kier alpha value is -8.20. The van der Waals surface area contributed by atoms with Crippen LogP contribution in [-0.2, 0) is 0 Å². The Balaban J connectivity index is 0.961. The molecule has 0 aliphatic rings. The smallest absolute Gasteiger partial charge is 0.0547 e. The van der Waals surface area contributed by atoms with Gasteiger partial charge in [0.25, 0.3) is 0 Å². The normalized spacial score (nSPS) is 11.5. The number of hydrogen-bond acceptors (Lipinski definition) is 0. The van der Waals surface area contributed by atoms with Crippen molar-refractivity contribution in [3.05, 3.63) is 243 Å². The van der Waals surface area contributed by atoms with E-state index in [1.165, 1.54) is 99.2 Å². The van der Waals surface area contributed by atoms with Gasteiger partial charge < -0.3 is 9.13 Å². The van der Waals surface area contributed by atoms with Crippen molar-refractivity contribution in [2.75, 3.05) is 0 Å². The summed E-state index contributed by atoms with van der Waals surface area (Å²) in [6, 6.07) is 88.4. The van der Waals surface area contributed by atoms with Crippen LogP contribution in [0.4, 0.5) is 0 Å². The summed E-state index contributed by atoms with van der Waals surface area (Å²) in [4.78, 5) is 0. The Bertz CT molecular complexity index is 3520. The van der Waals surface area contributed by atoms with E-state index in [9.17, 15) is 0 Å². The van der Waals surface area contributed by atoms with Crippen molar-refractivity contribution in [2.45, 2.75) is 0 Å². The molecule has 0 spiro atoms. The zero-order chi connectivity index (χ0) is 41.0. The molecule has 62 heavy (non-hydrogen) atoms. The van der Waals surface area contributed by atoms with E-state index in [-0.39, 0.29) is 0 Å². The molecule has 0 bridgehead atoms. The molecule has 2 heterocycles. The molecule has 12 rings (SSSR count). The fraction of sp³-hybridized carbons (Fsp3) is 0. The second kappa shape index (κ2) is 14.8. The zero-order valence-electron chi connectivity index (χ0n) is 34.0. The average Bonchev–Trinajstić information content (AvgIpc) is 3.86. The van der Waals surface area contributed by atoms with Crippen LogP contribution in [0, 0.1) is 0 Å². The van der Waals surface area contributed by atoms with Crippen LogP contribution in [0.5, 0.6) is 0 Å². The molecule has 0 unspecified atom stereocenters. The fourth-order valence-electron chi connectivity index (χ4n) is 9.49. The maximum Gasteiger partial charge on any atom is 0.0547 e. The van der Waals surface area contributed by atoms with Crippen LogP contribution in [0.3, 0.4) is 0 Å². The van der Waals surface area contributed by atoms with Gasteiger partial charge in [0.2, 0.25) is 0 Å². The van der Waals surface area contributed by atoms with Gasteiger partial charge in [-0.1, -0.05) is 164 Å². The molecular weight excluding hydrogens is 749 g/mol. The highest BCUT2D eigenvalue weighted by Crippen LogP contribution is 2.40. The zero-order valence-corrected chi connectivity index (χ0v) is 34.0. The Labute approximate surface area is 360 Å². The number of para-hydroxylation sites is 2. The summed E-state index contributed by atoms with van der Waals surface area (Å²) in [7, 11) is 0. The largest absolute Gasteiger partial charge is 0.309 e. The van der Waals surface area contributed by atoms with Crippen LogP contribution in [0.1, 0.15) is 0 Å². The molecule has 0 atom stereocenters. The Morgan fingerprint density at radius 3 is 1.10 bits per heavy atom. The number of rotatable bonds is 7. The van der Waals surface area contributed by atoms with Gasteiger partial charge in [-0.05, 0) is 134 Å². The van der Waals surface area contributed by atoms with Crippen molar-refractivity contribution in [2.24, 2.45) is 0 Å². The number of nitrogens with zero attached hydrogens (tertiary/aromatic N) is 2. The second-order valence-corrected chi connectivity index (χ2v) is 16.2. The van der Waals surface area contributed by atoms with E-state index in [0.29, 0.717) is 0 Å². The molecule has 10 aromatic carbocycles. The first-order chi connectivity index (χ1) is 30.7. The minimum atomic E-state index is 1.14. The minimum absolute atomic E-state index is 1.14. The third-order valence-electron chi connectivity index (χ3n) is 12.5. The van der Waals surface area contributed by atoms with Gasteiger partial charge in [0.1, 0.15) is 0 Å². The molecule has 0 amide bonds. The maximum absolute atomic E-state index is 2.41. The van der Waals surface area contributed by atoms with Gasteiger partial charge in [0.05, 0.1) is 22.1 Å². The first-order valence-electron chi connectivity index (χ1n) is 21.3. The van der Waals surface area contributed by atoms with Gasteiger partial charge >= 0.3 is 0 Å². The first-order valence-corrected chi connectivity index (χ1v) is 21.3. The van der Waals surface area contributed by atoms with Crippen LogP contribution in [0.25, 0.3) is 111 Å². The molecule has 0 saturated carbocycles. The van der Waals surface area contributed by atoms with Crippen molar-refractivity contribution in [3.8, 4) is 67.0 Å². The third-order valence-corrected chi connectivity index (χ3v) is 12.5. The summed E-state index contributed by atoms with van der Waals surface area (Å²) in [5, 5.41) is 4.97. The number of aromatic nitrogens is 2. The maximum atomic E-state index is 2.41. The van der Waals surface area contributed by atoms with E-state index < -0.39 is 0 Å². The van der Waals surface area contributed by atoms with Crippen molar-refractivity contribution >= 4 is 43.6 Å². The quantitative estimate of drug-likeness (QED) is 0.152. The average molecular weight is 789 g/mol. The van der Waals surface area contributed by atoms with Crippen LogP contribution < -0.4 is 0 Å². The van der Waals surface area contributed by atoms with Crippen LogP contribution >= 0.6 is 0 Å². The number of fused-ring (bicyclic) bond motifs is 6. The SMILES string of the molecule is c1ccc(-c2cc(-c3ccccc3)cc(-c3ccc(-n4c5ccccc5c5cc(-c6ccc7c8cc(-c9ccccc9)ccc8n(-c8ccccc8)c7c6)ccc54)cc3)c2)cc1. The summed E-state index contributed by atoms with van der Waals surface area (Å²) >= 11 is 0. The lowest BCUT2D eigenvalue weighted by atomic mass is 9.93. The molecule has 0 fully saturated rings. The highest BCUT2D eigenvalue weighted by Gasteiger charge is 2.17. The molecule has 0 N–H and O–H groups in total. The van der Waals surface area contributed by atoms with Crippen LogP contribution in [-0.4, -0.2) is 9.13 Å². The summed E-state index contributed by atoms with van der Waals surface area (Å²) < 4.78 is 4.83. The Morgan fingerprint density at radius 1 is 0.177 bits per heavy atom. The van der Waals surface area contributed by atoms with Crippen molar-refractivity contribution in [1.82, 2.24) is 9.13 Å². The summed E-state index contributed by atoms with van der Waals surface area (Å²) in [6.07, 6.45) is 0. The van der Waals surface area contributed by atoms with E-state index in [4.69, 9.17) is 0 Å². The van der Waals surface area contributed by atoms with E-state index in [1.807, 2.05) is 0 Å². The number of hydrogen-bond donors (Lipinski definition) is 0. The lowest BCUT2D eigenvalue weighted by Gasteiger charge is -2.13. The minimum Gasteiger partial charge on any atom is -0.309 e. The van der Waals surface area contributed by atoms with E-state index >= 15 is 0 Å². The van der Waals surface area contributed by atoms with E-state index in [1.54, 1.807) is 0 Å². The predicted molar refractivity (Wildman–Crippen MR) is 262 cm³/mol. The van der Waals surface area contributed by atoms with Gasteiger partial charge in [-0.25, -0.2) is 0 Å². The van der Waals surface area contributed by atoms with E-state index in [2.05, 4.69) is 252 Å². The Kier molecular flexibility index (Phi) is 8.53. The van der Waals surface area contributed by atoms with Crippen molar-refractivity contribution < 1.29 is 0 Å². The lowest BCUT2D eigenvalue weighted by Crippen LogP contribution is -1.94. The molecular formula is C60H40N2. The molecule has 0 radical (unpaired) electrons. The van der Waals surface area contributed by atoms with E-state index in [0.717, 1.165) is 11.4 Å². The van der Waals surface area contributed by atoms with Crippen LogP contribution in [0.2, 0.25) is 0 Å². The second-order valence-electron chi connectivity index (χ2n) is 16.2. The summed E-state index contributed by atoms with van der Waals surface area (Å²) in [6.45, 7) is 0. The molecule has 12 aromatic rings. The molecule has 2 heteroatoms. The van der Waals surface area contributed by atoms with Gasteiger partial charge in [-0.3, -0.25) is 0 Å². The fourth-order valence-corrected chi connectivity index (χ4v) is 9.49. The molecule has 0 saturated heterocycles. The van der Waals surface area contributed by atoms with Gasteiger partial charge in [-0.2, -0.15) is 0 Å². The molecule has 290 valence electrons. The lowest BCUT2D eigenvalue weighted by molar-refractivity contribution is 1.18. The van der Waals surface area contributed by atoms with Gasteiger partial charge in [0.15, 0.2) is 0 Å². The molecule has 0 aliphatic carbocycles. The van der Waals surface area contributed by atoms with Crippen LogP contribution in [0.15, 0.2) is 243 Å². The molecule has 0 aliphatic heterocycles. The Morgan fingerprint density at radius 2 is 0.532 bits per heavy atom. The van der Waals surface area contributed by atoms with Gasteiger partial charge in [-0.15, -0.1) is 0 Å². The summed E-state index contributed by atoms with van der Waals surface area (Å²) in [5.74, 6) is 0. The third kappa shape index (κ3) is 6.12. The predicted octanol–water partition coefficient (Wildman–Crippen LogP) is 16.2. The first kappa shape index (κ1) is 35.7. The number of benzene rings is 10. The molecule has 2 aromatic heterocycles. The highest BCUT2D eigenvalue weighted by atomic mass is 15.0. The summed E-state index contributed by atoms with van der Waals surface area (Å²) in [5.41, 5.74) is 19.1. The molecule has 2 nitrogen and oxygen atoms in total. The van der Waals surface area contributed by atoms with Crippen molar-refractivity contribution in [1.29, 1.82) is 0 Å². The topological polar surface area (TPSA) is 9.86 Å². The van der Waals surface area contributed by atoms with Crippen molar-refractivity contribution in [3.63, 3.8) is 0 Å². The van der Waals surface area contributed by atoms with Gasteiger partial charge in [0, 0.05) is 32.9 Å².